The fourth-order valence-corrected chi connectivity index (χ4v) is 2.54. The van der Waals surface area contributed by atoms with Gasteiger partial charge in [-0.1, -0.05) is 6.92 Å². The number of thiophene rings is 1. The van der Waals surface area contributed by atoms with Gasteiger partial charge in [-0.15, -0.1) is 11.3 Å². The van der Waals surface area contributed by atoms with Crippen LogP contribution >= 0.6 is 11.3 Å². The number of hydrogen-bond donors (Lipinski definition) is 1. The van der Waals surface area contributed by atoms with Crippen LogP contribution in [-0.4, -0.2) is 5.11 Å². The molecule has 1 aromatic rings. The smallest absolute Gasteiger partial charge is 0.0826 e. The molecule has 1 fully saturated rings. The Kier molecular flexibility index (Phi) is 2.43. The first-order valence-corrected chi connectivity index (χ1v) is 5.79. The van der Waals surface area contributed by atoms with Crippen LogP contribution in [0.2, 0.25) is 0 Å². The second kappa shape index (κ2) is 3.43. The Labute approximate surface area is 83.4 Å². The monoisotopic (exact) mass is 196 g/mol. The van der Waals surface area contributed by atoms with Crippen LogP contribution in [0.15, 0.2) is 11.4 Å². The molecule has 0 bridgehead atoms. The predicted octanol–water partition coefficient (Wildman–Crippen LogP) is 3.14. The molecule has 1 N–H and O–H groups in total. The van der Waals surface area contributed by atoms with Crippen molar-refractivity contribution in [3.05, 3.63) is 21.9 Å². The molecule has 2 unspecified atom stereocenters. The molecule has 2 atom stereocenters. The van der Waals surface area contributed by atoms with Crippen molar-refractivity contribution < 1.29 is 5.11 Å². The van der Waals surface area contributed by atoms with Gasteiger partial charge in [0, 0.05) is 4.88 Å². The van der Waals surface area contributed by atoms with E-state index in [-0.39, 0.29) is 6.10 Å². The average molecular weight is 196 g/mol. The number of hydrogen-bond acceptors (Lipinski definition) is 2. The van der Waals surface area contributed by atoms with Crippen LogP contribution in [0.25, 0.3) is 0 Å². The van der Waals surface area contributed by atoms with Crippen LogP contribution < -0.4 is 0 Å². The summed E-state index contributed by atoms with van der Waals surface area (Å²) in [4.78, 5) is 1.29. The van der Waals surface area contributed by atoms with Gasteiger partial charge in [-0.25, -0.2) is 0 Å². The highest BCUT2D eigenvalue weighted by molar-refractivity contribution is 7.10. The van der Waals surface area contributed by atoms with E-state index in [1.54, 1.807) is 11.3 Å². The highest BCUT2D eigenvalue weighted by Crippen LogP contribution is 2.43. The minimum Gasteiger partial charge on any atom is -0.388 e. The van der Waals surface area contributed by atoms with Gasteiger partial charge < -0.3 is 5.11 Å². The maximum absolute atomic E-state index is 10.0. The molecule has 72 valence electrons. The zero-order valence-corrected chi connectivity index (χ0v) is 8.97. The van der Waals surface area contributed by atoms with E-state index in [1.165, 1.54) is 17.7 Å². The second-order valence-electron chi connectivity index (χ2n) is 4.13. The Bertz CT molecular complexity index is 288. The van der Waals surface area contributed by atoms with Gasteiger partial charge in [-0.05, 0) is 48.6 Å². The lowest BCUT2D eigenvalue weighted by Crippen LogP contribution is -2.10. The molecular weight excluding hydrogens is 180 g/mol. The molecule has 0 radical (unpaired) electrons. The molecular formula is C11H16OS. The van der Waals surface area contributed by atoms with E-state index in [4.69, 9.17) is 0 Å². The highest BCUT2D eigenvalue weighted by Gasteiger charge is 2.33. The van der Waals surface area contributed by atoms with Crippen molar-refractivity contribution in [2.75, 3.05) is 0 Å². The van der Waals surface area contributed by atoms with Crippen molar-refractivity contribution in [1.82, 2.24) is 0 Å². The minimum atomic E-state index is -0.238. The van der Waals surface area contributed by atoms with Crippen molar-refractivity contribution >= 4 is 11.3 Å². The van der Waals surface area contributed by atoms with Crippen LogP contribution in [-0.2, 0) is 0 Å². The predicted molar refractivity (Wildman–Crippen MR) is 55.9 cm³/mol. The van der Waals surface area contributed by atoms with Crippen molar-refractivity contribution in [2.45, 2.75) is 32.8 Å². The maximum atomic E-state index is 10.0. The summed E-state index contributed by atoms with van der Waals surface area (Å²) in [6, 6.07) is 2.11. The van der Waals surface area contributed by atoms with Gasteiger partial charge in [-0.3, -0.25) is 0 Å². The standard InChI is InChI=1S/C11H16OS/c1-7-5-10(6-13-7)11(12)8(2)9-3-4-9/h5-6,8-9,11-12H,3-4H2,1-2H3. The van der Waals surface area contributed by atoms with Crippen LogP contribution in [0.3, 0.4) is 0 Å². The molecule has 0 aromatic carbocycles. The summed E-state index contributed by atoms with van der Waals surface area (Å²) in [7, 11) is 0. The van der Waals surface area contributed by atoms with Gasteiger partial charge in [0.2, 0.25) is 0 Å². The van der Waals surface area contributed by atoms with Gasteiger partial charge in [0.1, 0.15) is 0 Å². The molecule has 0 spiro atoms. The Morgan fingerprint density at radius 1 is 1.54 bits per heavy atom. The Hall–Kier alpha value is -0.340. The molecule has 0 aliphatic heterocycles. The number of aliphatic hydroxyl groups is 1. The maximum Gasteiger partial charge on any atom is 0.0826 e. The molecule has 0 saturated heterocycles. The summed E-state index contributed by atoms with van der Waals surface area (Å²) in [5.74, 6) is 1.21. The van der Waals surface area contributed by atoms with Crippen LogP contribution in [0.5, 0.6) is 0 Å². The summed E-state index contributed by atoms with van der Waals surface area (Å²) < 4.78 is 0. The van der Waals surface area contributed by atoms with Crippen molar-refractivity contribution in [2.24, 2.45) is 11.8 Å². The van der Waals surface area contributed by atoms with Crippen LogP contribution in [0, 0.1) is 18.8 Å². The van der Waals surface area contributed by atoms with E-state index in [9.17, 15) is 5.11 Å². The van der Waals surface area contributed by atoms with E-state index in [0.717, 1.165) is 11.5 Å². The fraction of sp³-hybridized carbons (Fsp3) is 0.636. The quantitative estimate of drug-likeness (QED) is 0.787. The first-order chi connectivity index (χ1) is 6.18. The third-order valence-electron chi connectivity index (χ3n) is 2.96. The zero-order valence-electron chi connectivity index (χ0n) is 8.16. The summed E-state index contributed by atoms with van der Waals surface area (Å²) in [5.41, 5.74) is 1.11. The van der Waals surface area contributed by atoms with E-state index in [1.807, 2.05) is 0 Å². The first-order valence-electron chi connectivity index (χ1n) is 4.91. The zero-order chi connectivity index (χ0) is 9.42. The Morgan fingerprint density at radius 3 is 2.69 bits per heavy atom. The SMILES string of the molecule is Cc1cc(C(O)C(C)C2CC2)cs1. The topological polar surface area (TPSA) is 20.2 Å². The lowest BCUT2D eigenvalue weighted by molar-refractivity contribution is 0.106. The van der Waals surface area contributed by atoms with Gasteiger partial charge in [0.25, 0.3) is 0 Å². The third-order valence-corrected chi connectivity index (χ3v) is 3.84. The van der Waals surface area contributed by atoms with Crippen molar-refractivity contribution in [1.29, 1.82) is 0 Å². The highest BCUT2D eigenvalue weighted by atomic mass is 32.1. The lowest BCUT2D eigenvalue weighted by Gasteiger charge is -2.16. The van der Waals surface area contributed by atoms with Gasteiger partial charge in [-0.2, -0.15) is 0 Å². The number of aryl methyl sites for hydroxylation is 1. The summed E-state index contributed by atoms with van der Waals surface area (Å²) in [6.07, 6.45) is 2.38. The Morgan fingerprint density at radius 2 is 2.23 bits per heavy atom. The second-order valence-corrected chi connectivity index (χ2v) is 5.25. The summed E-state index contributed by atoms with van der Waals surface area (Å²) in [5, 5.41) is 12.1. The molecule has 2 heteroatoms. The molecule has 1 nitrogen and oxygen atoms in total. The average Bonchev–Trinajstić information content (AvgIpc) is 2.87. The lowest BCUT2D eigenvalue weighted by atomic mass is 9.95. The van der Waals surface area contributed by atoms with E-state index >= 15 is 0 Å². The summed E-state index contributed by atoms with van der Waals surface area (Å²) in [6.45, 7) is 4.25. The van der Waals surface area contributed by atoms with Crippen LogP contribution in [0.1, 0.15) is 36.3 Å². The Balaban J connectivity index is 2.06. The van der Waals surface area contributed by atoms with Gasteiger partial charge in [0.15, 0.2) is 0 Å². The minimum absolute atomic E-state index is 0.238. The van der Waals surface area contributed by atoms with Crippen molar-refractivity contribution in [3.63, 3.8) is 0 Å². The van der Waals surface area contributed by atoms with Crippen LogP contribution in [0.4, 0.5) is 0 Å². The number of aliphatic hydroxyl groups excluding tert-OH is 1. The fourth-order valence-electron chi connectivity index (χ4n) is 1.80. The molecule has 1 aromatic heterocycles. The molecule has 1 saturated carbocycles. The molecule has 2 rings (SSSR count). The van der Waals surface area contributed by atoms with E-state index in [2.05, 4.69) is 25.3 Å². The summed E-state index contributed by atoms with van der Waals surface area (Å²) >= 11 is 1.72. The third kappa shape index (κ3) is 1.94. The van der Waals surface area contributed by atoms with E-state index in [0.29, 0.717) is 5.92 Å². The van der Waals surface area contributed by atoms with Crippen molar-refractivity contribution in [3.8, 4) is 0 Å². The molecule has 0 amide bonds. The molecule has 1 aliphatic rings. The molecule has 1 aliphatic carbocycles. The van der Waals surface area contributed by atoms with E-state index < -0.39 is 0 Å². The van der Waals surface area contributed by atoms with Gasteiger partial charge in [0.05, 0.1) is 6.10 Å². The first kappa shape index (κ1) is 9.22. The normalized spacial score (nSPS) is 21.5. The molecule has 1 heterocycles. The molecule has 13 heavy (non-hydrogen) atoms. The largest absolute Gasteiger partial charge is 0.388 e. The number of rotatable bonds is 3. The van der Waals surface area contributed by atoms with Gasteiger partial charge >= 0.3 is 0 Å².